The van der Waals surface area contributed by atoms with Gasteiger partial charge in [0.15, 0.2) is 0 Å². The summed E-state index contributed by atoms with van der Waals surface area (Å²) in [6.45, 7) is 0. The molecular formula is C11H5BrN6O. The first-order valence-electron chi connectivity index (χ1n) is 5.20. The van der Waals surface area contributed by atoms with E-state index in [-0.39, 0.29) is 22.9 Å². The molecule has 0 atom stereocenters. The monoisotopic (exact) mass is 316 g/mol. The lowest BCUT2D eigenvalue weighted by Gasteiger charge is -2.00. The van der Waals surface area contributed by atoms with Crippen molar-refractivity contribution in [2.24, 2.45) is 0 Å². The van der Waals surface area contributed by atoms with Crippen molar-refractivity contribution in [1.82, 2.24) is 20.6 Å². The van der Waals surface area contributed by atoms with Crippen LogP contribution in [0.25, 0.3) is 11.1 Å². The second-order valence-electron chi connectivity index (χ2n) is 3.74. The molecule has 1 aromatic heterocycles. The number of allylic oxidation sites excluding steroid dienone is 1. The molecule has 0 unspecified atom stereocenters. The summed E-state index contributed by atoms with van der Waals surface area (Å²) in [4.78, 5) is 12.0. The molecule has 0 fully saturated rings. The van der Waals surface area contributed by atoms with Crippen molar-refractivity contribution in [3.05, 3.63) is 34.1 Å². The summed E-state index contributed by atoms with van der Waals surface area (Å²) in [5.41, 5.74) is 1.63. The number of amides is 1. The third-order valence-electron chi connectivity index (χ3n) is 2.66. The maximum Gasteiger partial charge on any atom is 0.257 e. The van der Waals surface area contributed by atoms with Crippen LogP contribution in [0.3, 0.4) is 0 Å². The number of tetrazole rings is 1. The SMILES string of the molecule is N#C/C(=C1/C(=O)Nc2ccc(Br)cc21)c1nn[nH]n1. The number of aromatic nitrogens is 4. The van der Waals surface area contributed by atoms with Gasteiger partial charge >= 0.3 is 0 Å². The van der Waals surface area contributed by atoms with Gasteiger partial charge in [-0.1, -0.05) is 15.9 Å². The fraction of sp³-hybridized carbons (Fsp3) is 0. The van der Waals surface area contributed by atoms with Gasteiger partial charge in [0.2, 0.25) is 5.82 Å². The second-order valence-corrected chi connectivity index (χ2v) is 4.66. The Hall–Kier alpha value is -2.53. The van der Waals surface area contributed by atoms with E-state index in [0.29, 0.717) is 11.3 Å². The fourth-order valence-electron chi connectivity index (χ4n) is 1.87. The van der Waals surface area contributed by atoms with E-state index >= 15 is 0 Å². The Morgan fingerprint density at radius 1 is 1.42 bits per heavy atom. The highest BCUT2D eigenvalue weighted by molar-refractivity contribution is 9.10. The van der Waals surface area contributed by atoms with Gasteiger partial charge in [-0.3, -0.25) is 4.79 Å². The Morgan fingerprint density at radius 2 is 2.26 bits per heavy atom. The number of nitrogens with zero attached hydrogens (tertiary/aromatic N) is 4. The average molecular weight is 317 g/mol. The predicted molar refractivity (Wildman–Crippen MR) is 69.4 cm³/mol. The van der Waals surface area contributed by atoms with Crippen molar-refractivity contribution in [3.8, 4) is 6.07 Å². The lowest BCUT2D eigenvalue weighted by Crippen LogP contribution is -2.06. The normalized spacial score (nSPS) is 15.7. The van der Waals surface area contributed by atoms with Crippen LogP contribution in [0.2, 0.25) is 0 Å². The number of aromatic amines is 1. The van der Waals surface area contributed by atoms with Gasteiger partial charge in [-0.15, -0.1) is 10.2 Å². The molecular weight excluding hydrogens is 312 g/mol. The summed E-state index contributed by atoms with van der Waals surface area (Å²) in [6, 6.07) is 7.29. The van der Waals surface area contributed by atoms with Crippen molar-refractivity contribution in [2.75, 3.05) is 5.32 Å². The number of halogens is 1. The first-order valence-corrected chi connectivity index (χ1v) is 5.99. The molecule has 7 nitrogen and oxygen atoms in total. The number of benzene rings is 1. The summed E-state index contributed by atoms with van der Waals surface area (Å²) < 4.78 is 0.811. The summed E-state index contributed by atoms with van der Waals surface area (Å²) in [5, 5.41) is 25.1. The zero-order valence-electron chi connectivity index (χ0n) is 9.31. The van der Waals surface area contributed by atoms with E-state index in [1.54, 1.807) is 12.1 Å². The van der Waals surface area contributed by atoms with Crippen molar-refractivity contribution in [3.63, 3.8) is 0 Å². The number of H-pyrrole nitrogens is 1. The van der Waals surface area contributed by atoms with Gasteiger partial charge in [-0.05, 0) is 23.4 Å². The van der Waals surface area contributed by atoms with E-state index in [1.807, 2.05) is 12.1 Å². The molecule has 1 aromatic carbocycles. The van der Waals surface area contributed by atoms with E-state index < -0.39 is 0 Å². The van der Waals surface area contributed by atoms with Gasteiger partial charge in [-0.2, -0.15) is 10.5 Å². The van der Waals surface area contributed by atoms with Gasteiger partial charge in [-0.25, -0.2) is 0 Å². The third-order valence-corrected chi connectivity index (χ3v) is 3.15. The molecule has 0 saturated carbocycles. The van der Waals surface area contributed by atoms with Crippen LogP contribution < -0.4 is 5.32 Å². The first-order chi connectivity index (χ1) is 9.20. The molecule has 2 aromatic rings. The summed E-state index contributed by atoms with van der Waals surface area (Å²) in [7, 11) is 0. The summed E-state index contributed by atoms with van der Waals surface area (Å²) >= 11 is 3.34. The van der Waals surface area contributed by atoms with Crippen LogP contribution in [-0.4, -0.2) is 26.5 Å². The number of fused-ring (bicyclic) bond motifs is 1. The molecule has 0 saturated heterocycles. The number of anilines is 1. The van der Waals surface area contributed by atoms with Gasteiger partial charge in [0.05, 0.1) is 5.57 Å². The van der Waals surface area contributed by atoms with Crippen LogP contribution in [0.4, 0.5) is 5.69 Å². The highest BCUT2D eigenvalue weighted by Gasteiger charge is 2.29. The third kappa shape index (κ3) is 1.80. The zero-order chi connectivity index (χ0) is 13.4. The first kappa shape index (κ1) is 11.6. The number of carbonyl (C=O) groups excluding carboxylic acids is 1. The summed E-state index contributed by atoms with van der Waals surface area (Å²) in [5.74, 6) is -0.255. The Labute approximate surface area is 115 Å². The molecule has 8 heteroatoms. The number of hydrogen-bond acceptors (Lipinski definition) is 5. The largest absolute Gasteiger partial charge is 0.321 e. The van der Waals surface area contributed by atoms with Crippen LogP contribution in [-0.2, 0) is 4.79 Å². The van der Waals surface area contributed by atoms with Crippen LogP contribution >= 0.6 is 15.9 Å². The molecule has 3 rings (SSSR count). The van der Waals surface area contributed by atoms with E-state index in [1.165, 1.54) is 0 Å². The fourth-order valence-corrected chi connectivity index (χ4v) is 2.23. The van der Waals surface area contributed by atoms with Crippen molar-refractivity contribution in [1.29, 1.82) is 5.26 Å². The number of nitriles is 1. The van der Waals surface area contributed by atoms with E-state index in [0.717, 1.165) is 4.47 Å². The number of rotatable bonds is 1. The molecule has 92 valence electrons. The van der Waals surface area contributed by atoms with Crippen molar-refractivity contribution >= 4 is 38.7 Å². The van der Waals surface area contributed by atoms with Crippen LogP contribution in [0.5, 0.6) is 0 Å². The number of carbonyl (C=O) groups is 1. The Morgan fingerprint density at radius 3 is 2.95 bits per heavy atom. The molecule has 1 amide bonds. The lowest BCUT2D eigenvalue weighted by molar-refractivity contribution is -0.110. The minimum absolute atomic E-state index is 0.0862. The Bertz CT molecular complexity index is 743. The maximum atomic E-state index is 12.0. The van der Waals surface area contributed by atoms with E-state index in [4.69, 9.17) is 0 Å². The van der Waals surface area contributed by atoms with Gasteiger partial charge in [0.25, 0.3) is 5.91 Å². The average Bonchev–Trinajstić information content (AvgIpc) is 3.00. The molecule has 0 bridgehead atoms. The van der Waals surface area contributed by atoms with Crippen LogP contribution in [0.1, 0.15) is 11.4 Å². The topological polar surface area (TPSA) is 107 Å². The molecule has 1 aliphatic heterocycles. The van der Waals surface area contributed by atoms with Crippen molar-refractivity contribution < 1.29 is 4.79 Å². The standard InChI is InChI=1S/C11H5BrN6O/c12-5-1-2-8-6(3-5)9(11(19)14-8)7(4-13)10-15-17-18-16-10/h1-3H,(H,14,19)(H,15,16,17,18)/b9-7-. The quantitative estimate of drug-likeness (QED) is 0.610. The highest BCUT2D eigenvalue weighted by Crippen LogP contribution is 2.37. The Balaban J connectivity index is 2.29. The minimum Gasteiger partial charge on any atom is -0.321 e. The lowest BCUT2D eigenvalue weighted by atomic mass is 10.0. The van der Waals surface area contributed by atoms with E-state index in [2.05, 4.69) is 41.9 Å². The molecule has 2 heterocycles. The molecule has 19 heavy (non-hydrogen) atoms. The highest BCUT2D eigenvalue weighted by atomic mass is 79.9. The maximum absolute atomic E-state index is 12.0. The zero-order valence-corrected chi connectivity index (χ0v) is 10.9. The van der Waals surface area contributed by atoms with Crippen molar-refractivity contribution in [2.45, 2.75) is 0 Å². The molecule has 0 aliphatic carbocycles. The summed E-state index contributed by atoms with van der Waals surface area (Å²) in [6.07, 6.45) is 0. The number of hydrogen-bond donors (Lipinski definition) is 2. The smallest absolute Gasteiger partial charge is 0.257 e. The second kappa shape index (κ2) is 4.29. The molecule has 1 aliphatic rings. The molecule has 0 radical (unpaired) electrons. The van der Waals surface area contributed by atoms with E-state index in [9.17, 15) is 10.1 Å². The van der Waals surface area contributed by atoms with Crippen LogP contribution in [0.15, 0.2) is 22.7 Å². The Kier molecular flexibility index (Phi) is 2.61. The minimum atomic E-state index is -0.352. The van der Waals surface area contributed by atoms with Crippen LogP contribution in [0, 0.1) is 11.3 Å². The predicted octanol–water partition coefficient (Wildman–Crippen LogP) is 1.35. The number of nitrogens with one attached hydrogen (secondary N) is 2. The molecule has 2 N–H and O–H groups in total. The van der Waals surface area contributed by atoms with Gasteiger partial charge in [0.1, 0.15) is 11.6 Å². The molecule has 0 spiro atoms. The van der Waals surface area contributed by atoms with Gasteiger partial charge in [0, 0.05) is 15.7 Å². The van der Waals surface area contributed by atoms with Gasteiger partial charge < -0.3 is 5.32 Å².